The predicted molar refractivity (Wildman–Crippen MR) is 65.3 cm³/mol. The second-order valence-electron chi connectivity index (χ2n) is 4.44. The fraction of sp³-hybridized carbons (Fsp3) is 0.385. The van der Waals surface area contributed by atoms with E-state index in [2.05, 4.69) is 11.4 Å². The Morgan fingerprint density at radius 2 is 2.05 bits per heavy atom. The minimum Gasteiger partial charge on any atom is -0.324 e. The first-order valence-electron chi connectivity index (χ1n) is 6.00. The van der Waals surface area contributed by atoms with Gasteiger partial charge in [-0.2, -0.15) is 5.26 Å². The third-order valence-electron chi connectivity index (χ3n) is 3.14. The molecule has 1 heterocycles. The second kappa shape index (κ2) is 5.65. The van der Waals surface area contributed by atoms with Crippen molar-refractivity contribution in [2.24, 2.45) is 5.92 Å². The summed E-state index contributed by atoms with van der Waals surface area (Å²) in [6.07, 6.45) is 1.24. The van der Waals surface area contributed by atoms with Crippen LogP contribution in [0.15, 0.2) is 18.2 Å². The summed E-state index contributed by atoms with van der Waals surface area (Å²) < 4.78 is 26.1. The van der Waals surface area contributed by atoms with Crippen LogP contribution in [0.3, 0.4) is 0 Å². The van der Waals surface area contributed by atoms with Gasteiger partial charge < -0.3 is 10.2 Å². The zero-order valence-electron chi connectivity index (χ0n) is 10.2. The van der Waals surface area contributed by atoms with Gasteiger partial charge in [-0.3, -0.25) is 0 Å². The Morgan fingerprint density at radius 3 is 2.63 bits per heavy atom. The van der Waals surface area contributed by atoms with E-state index in [1.807, 2.05) is 0 Å². The third-order valence-corrected chi connectivity index (χ3v) is 3.14. The maximum atomic E-state index is 13.4. The van der Waals surface area contributed by atoms with Crippen LogP contribution in [0.4, 0.5) is 19.3 Å². The number of amides is 2. The molecule has 0 aliphatic carbocycles. The van der Waals surface area contributed by atoms with Gasteiger partial charge in [0.15, 0.2) is 0 Å². The van der Waals surface area contributed by atoms with Crippen molar-refractivity contribution in [3.63, 3.8) is 0 Å². The molecule has 0 unspecified atom stereocenters. The average Bonchev–Trinajstić information content (AvgIpc) is 2.42. The van der Waals surface area contributed by atoms with Crippen molar-refractivity contribution in [1.82, 2.24) is 4.90 Å². The van der Waals surface area contributed by atoms with Crippen LogP contribution in [-0.4, -0.2) is 24.0 Å². The smallest absolute Gasteiger partial charge is 0.321 e. The highest BCUT2D eigenvalue weighted by Gasteiger charge is 2.23. The van der Waals surface area contributed by atoms with Crippen molar-refractivity contribution < 1.29 is 13.6 Å². The second-order valence-corrected chi connectivity index (χ2v) is 4.44. The van der Waals surface area contributed by atoms with Gasteiger partial charge in [-0.25, -0.2) is 13.6 Å². The molecule has 1 aliphatic rings. The van der Waals surface area contributed by atoms with Crippen LogP contribution in [0, 0.1) is 28.9 Å². The zero-order chi connectivity index (χ0) is 13.8. The monoisotopic (exact) mass is 265 g/mol. The maximum Gasteiger partial charge on any atom is 0.321 e. The molecule has 2 rings (SSSR count). The van der Waals surface area contributed by atoms with Crippen LogP contribution in [0.1, 0.15) is 12.8 Å². The van der Waals surface area contributed by atoms with Gasteiger partial charge in [0.05, 0.1) is 11.8 Å². The van der Waals surface area contributed by atoms with Gasteiger partial charge in [-0.05, 0) is 25.0 Å². The Morgan fingerprint density at radius 1 is 1.37 bits per heavy atom. The van der Waals surface area contributed by atoms with Gasteiger partial charge >= 0.3 is 6.03 Å². The number of nitrogens with zero attached hydrogens (tertiary/aromatic N) is 2. The number of rotatable bonds is 1. The van der Waals surface area contributed by atoms with E-state index in [1.54, 1.807) is 0 Å². The number of hydrogen-bond donors (Lipinski definition) is 1. The number of nitrogens with one attached hydrogen (secondary N) is 1. The van der Waals surface area contributed by atoms with Crippen LogP contribution in [-0.2, 0) is 0 Å². The molecule has 0 radical (unpaired) electrons. The molecule has 1 aliphatic heterocycles. The molecule has 6 heteroatoms. The largest absolute Gasteiger partial charge is 0.324 e. The maximum absolute atomic E-state index is 13.4. The molecule has 1 N–H and O–H groups in total. The molecular formula is C13H13F2N3O. The molecule has 1 fully saturated rings. The number of carbonyl (C=O) groups excluding carboxylic acids is 1. The highest BCUT2D eigenvalue weighted by Crippen LogP contribution is 2.19. The number of halogens is 2. The normalized spacial score (nSPS) is 15.9. The van der Waals surface area contributed by atoms with Crippen molar-refractivity contribution in [2.45, 2.75) is 12.8 Å². The van der Waals surface area contributed by atoms with E-state index in [0.29, 0.717) is 25.9 Å². The average molecular weight is 265 g/mol. The van der Waals surface area contributed by atoms with Gasteiger partial charge in [-0.1, -0.05) is 0 Å². The molecule has 1 saturated heterocycles. The first kappa shape index (κ1) is 13.3. The Bertz CT molecular complexity index is 519. The standard InChI is InChI=1S/C13H13F2N3O/c14-10-1-2-12(11(15)7-10)17-13(19)18-5-3-9(8-16)4-6-18/h1-2,7,9H,3-6H2,(H,17,19). The highest BCUT2D eigenvalue weighted by atomic mass is 19.1. The van der Waals surface area contributed by atoms with Crippen LogP contribution < -0.4 is 5.32 Å². The van der Waals surface area contributed by atoms with Crippen LogP contribution in [0.2, 0.25) is 0 Å². The van der Waals surface area contributed by atoms with Gasteiger partial charge in [0.1, 0.15) is 11.6 Å². The quantitative estimate of drug-likeness (QED) is 0.848. The molecule has 0 aromatic heterocycles. The van der Waals surface area contributed by atoms with E-state index in [4.69, 9.17) is 5.26 Å². The van der Waals surface area contributed by atoms with Crippen LogP contribution >= 0.6 is 0 Å². The minimum absolute atomic E-state index is 0.0217. The van der Waals surface area contributed by atoms with Gasteiger partial charge in [-0.15, -0.1) is 0 Å². The molecule has 2 amide bonds. The first-order chi connectivity index (χ1) is 9.10. The fourth-order valence-corrected chi connectivity index (χ4v) is 2.00. The Hall–Kier alpha value is -2.16. The summed E-state index contributed by atoms with van der Waals surface area (Å²) in [6.45, 7) is 0.930. The minimum atomic E-state index is -0.805. The number of likely N-dealkylation sites (tertiary alicyclic amines) is 1. The summed E-state index contributed by atoms with van der Waals surface area (Å²) >= 11 is 0. The molecule has 0 bridgehead atoms. The molecule has 100 valence electrons. The number of piperidine rings is 1. The lowest BCUT2D eigenvalue weighted by atomic mass is 9.99. The number of carbonyl (C=O) groups is 1. The van der Waals surface area contributed by atoms with E-state index < -0.39 is 17.7 Å². The van der Waals surface area contributed by atoms with Crippen LogP contribution in [0.5, 0.6) is 0 Å². The van der Waals surface area contributed by atoms with Crippen LogP contribution in [0.25, 0.3) is 0 Å². The number of hydrogen-bond acceptors (Lipinski definition) is 2. The lowest BCUT2D eigenvalue weighted by Crippen LogP contribution is -2.40. The summed E-state index contributed by atoms with van der Waals surface area (Å²) in [6, 6.07) is 4.73. The molecule has 19 heavy (non-hydrogen) atoms. The number of urea groups is 1. The third kappa shape index (κ3) is 3.19. The van der Waals surface area contributed by atoms with Gasteiger partial charge in [0.25, 0.3) is 0 Å². The summed E-state index contributed by atoms with van der Waals surface area (Å²) in [5.74, 6) is -1.52. The summed E-state index contributed by atoms with van der Waals surface area (Å²) in [4.78, 5) is 13.4. The summed E-state index contributed by atoms with van der Waals surface area (Å²) in [5.41, 5.74) is -0.0474. The highest BCUT2D eigenvalue weighted by molar-refractivity contribution is 5.89. The Balaban J connectivity index is 1.96. The Labute approximate surface area is 109 Å². The SMILES string of the molecule is N#CC1CCN(C(=O)Nc2ccc(F)cc2F)CC1. The van der Waals surface area contributed by atoms with Crippen molar-refractivity contribution in [3.05, 3.63) is 29.8 Å². The molecule has 0 saturated carbocycles. The zero-order valence-corrected chi connectivity index (χ0v) is 10.2. The number of anilines is 1. The molecule has 1 aromatic carbocycles. The number of benzene rings is 1. The topological polar surface area (TPSA) is 56.1 Å². The molecule has 0 spiro atoms. The van der Waals surface area contributed by atoms with Crippen molar-refractivity contribution >= 4 is 11.7 Å². The lowest BCUT2D eigenvalue weighted by molar-refractivity contribution is 0.192. The van der Waals surface area contributed by atoms with Gasteiger partial charge in [0, 0.05) is 25.1 Å². The first-order valence-corrected chi connectivity index (χ1v) is 6.00. The van der Waals surface area contributed by atoms with E-state index in [0.717, 1.165) is 12.1 Å². The molecular weight excluding hydrogens is 252 g/mol. The van der Waals surface area contributed by atoms with Gasteiger partial charge in [0.2, 0.25) is 0 Å². The fourth-order valence-electron chi connectivity index (χ4n) is 2.00. The summed E-state index contributed by atoms with van der Waals surface area (Å²) in [7, 11) is 0. The van der Waals surface area contributed by atoms with E-state index >= 15 is 0 Å². The lowest BCUT2D eigenvalue weighted by Gasteiger charge is -2.29. The Kier molecular flexibility index (Phi) is 3.95. The molecule has 4 nitrogen and oxygen atoms in total. The summed E-state index contributed by atoms with van der Waals surface area (Å²) in [5, 5.41) is 11.2. The van der Waals surface area contributed by atoms with Crippen molar-refractivity contribution in [1.29, 1.82) is 5.26 Å². The number of nitriles is 1. The van der Waals surface area contributed by atoms with E-state index in [-0.39, 0.29) is 11.6 Å². The van der Waals surface area contributed by atoms with Crippen molar-refractivity contribution in [3.8, 4) is 6.07 Å². The molecule has 1 aromatic rings. The van der Waals surface area contributed by atoms with E-state index in [1.165, 1.54) is 11.0 Å². The van der Waals surface area contributed by atoms with E-state index in [9.17, 15) is 13.6 Å². The molecule has 0 atom stereocenters. The predicted octanol–water partition coefficient (Wildman–Crippen LogP) is 2.73. The van der Waals surface area contributed by atoms with Crippen molar-refractivity contribution in [2.75, 3.05) is 18.4 Å².